The maximum atomic E-state index is 12.8. The summed E-state index contributed by atoms with van der Waals surface area (Å²) in [4.78, 5) is 12.8. The van der Waals surface area contributed by atoms with E-state index < -0.39 is 0 Å². The molecular weight excluding hydrogens is 442 g/mol. The summed E-state index contributed by atoms with van der Waals surface area (Å²) in [5.74, 6) is 1.83. The van der Waals surface area contributed by atoms with Crippen molar-refractivity contribution in [3.8, 4) is 22.7 Å². The predicted octanol–water partition coefficient (Wildman–Crippen LogP) is 6.19. The molecule has 0 radical (unpaired) electrons. The Morgan fingerprint density at radius 3 is 2.53 bits per heavy atom. The minimum Gasteiger partial charge on any atom is -0.490 e. The van der Waals surface area contributed by atoms with Gasteiger partial charge in [-0.1, -0.05) is 72.8 Å². The van der Waals surface area contributed by atoms with Crippen molar-refractivity contribution in [1.29, 1.82) is 0 Å². The molecule has 0 bridgehead atoms. The van der Waals surface area contributed by atoms with Crippen molar-refractivity contribution in [2.24, 2.45) is 0 Å². The van der Waals surface area contributed by atoms with E-state index in [1.807, 2.05) is 47.1 Å². The lowest BCUT2D eigenvalue weighted by Gasteiger charge is -2.17. The first-order valence-electron chi connectivity index (χ1n) is 11.1. The predicted molar refractivity (Wildman–Crippen MR) is 139 cm³/mol. The normalized spacial score (nSPS) is 15.2. The highest BCUT2D eigenvalue weighted by atomic mass is 32.2. The molecule has 5 nitrogen and oxygen atoms in total. The highest BCUT2D eigenvalue weighted by Gasteiger charge is 2.32. The van der Waals surface area contributed by atoms with Crippen molar-refractivity contribution >= 4 is 23.5 Å². The Bertz CT molecular complexity index is 1310. The summed E-state index contributed by atoms with van der Waals surface area (Å²) < 4.78 is 7.52. The molecule has 0 aliphatic carbocycles. The van der Waals surface area contributed by atoms with Crippen molar-refractivity contribution in [2.45, 2.75) is 12.2 Å². The Morgan fingerprint density at radius 2 is 1.82 bits per heavy atom. The Balaban J connectivity index is 1.68. The summed E-state index contributed by atoms with van der Waals surface area (Å²) in [5.41, 5.74) is 6.04. The molecule has 4 aromatic rings. The monoisotopic (exact) mass is 467 g/mol. The van der Waals surface area contributed by atoms with Crippen molar-refractivity contribution in [3.63, 3.8) is 0 Å². The Labute approximate surface area is 203 Å². The minimum atomic E-state index is -0.0724. The number of thioether (sulfide) groups is 1. The van der Waals surface area contributed by atoms with Crippen LogP contribution in [0.5, 0.6) is 5.75 Å². The number of ether oxygens (including phenoxy) is 1. The molecule has 5 rings (SSSR count). The number of nitrogens with one attached hydrogen (secondary N) is 1. The number of aryl methyl sites for hydroxylation is 1. The topological polar surface area (TPSA) is 56.1 Å². The van der Waals surface area contributed by atoms with E-state index in [1.165, 1.54) is 5.56 Å². The maximum Gasteiger partial charge on any atom is 0.235 e. The van der Waals surface area contributed by atoms with Crippen molar-refractivity contribution in [2.75, 3.05) is 17.7 Å². The highest BCUT2D eigenvalue weighted by Crippen LogP contribution is 2.47. The summed E-state index contributed by atoms with van der Waals surface area (Å²) in [5, 5.41) is 8.09. The van der Waals surface area contributed by atoms with Crippen molar-refractivity contribution in [1.82, 2.24) is 9.78 Å². The van der Waals surface area contributed by atoms with Gasteiger partial charge in [0.25, 0.3) is 0 Å². The van der Waals surface area contributed by atoms with Gasteiger partial charge in [0.1, 0.15) is 18.2 Å². The fourth-order valence-corrected chi connectivity index (χ4v) is 5.18. The van der Waals surface area contributed by atoms with Gasteiger partial charge in [-0.05, 0) is 36.8 Å². The fourth-order valence-electron chi connectivity index (χ4n) is 4.05. The number of carbonyl (C=O) groups excluding carboxylic acids is 1. The number of amides is 1. The Hall–Kier alpha value is -3.77. The second-order valence-corrected chi connectivity index (χ2v) is 9.23. The Kier molecular flexibility index (Phi) is 6.23. The van der Waals surface area contributed by atoms with E-state index in [0.717, 1.165) is 39.6 Å². The summed E-state index contributed by atoms with van der Waals surface area (Å²) in [6.45, 7) is 6.22. The molecule has 6 heteroatoms. The van der Waals surface area contributed by atoms with Crippen LogP contribution in [0.1, 0.15) is 21.9 Å². The molecule has 0 unspecified atom stereocenters. The zero-order valence-electron chi connectivity index (χ0n) is 18.9. The third-order valence-electron chi connectivity index (χ3n) is 5.70. The molecule has 170 valence electrons. The molecule has 0 fully saturated rings. The lowest BCUT2D eigenvalue weighted by atomic mass is 10.00. The van der Waals surface area contributed by atoms with E-state index in [1.54, 1.807) is 17.8 Å². The van der Waals surface area contributed by atoms with Gasteiger partial charge >= 0.3 is 0 Å². The van der Waals surface area contributed by atoms with Gasteiger partial charge in [0.2, 0.25) is 5.91 Å². The molecule has 1 atom stereocenters. The number of anilines is 1. The van der Waals surface area contributed by atoms with Crippen LogP contribution in [0.3, 0.4) is 0 Å². The molecule has 1 aliphatic heterocycles. The second-order valence-electron chi connectivity index (χ2n) is 8.13. The second kappa shape index (κ2) is 9.61. The van der Waals surface area contributed by atoms with Gasteiger partial charge in [0, 0.05) is 11.1 Å². The molecule has 3 aromatic carbocycles. The maximum absolute atomic E-state index is 12.8. The van der Waals surface area contributed by atoms with Crippen LogP contribution in [-0.2, 0) is 4.79 Å². The average molecular weight is 468 g/mol. The zero-order valence-corrected chi connectivity index (χ0v) is 19.7. The third-order valence-corrected chi connectivity index (χ3v) is 6.97. The van der Waals surface area contributed by atoms with Crippen LogP contribution in [0, 0.1) is 6.92 Å². The number of hydrogen-bond acceptors (Lipinski definition) is 4. The van der Waals surface area contributed by atoms with E-state index in [4.69, 9.17) is 9.84 Å². The number of aromatic nitrogens is 2. The molecule has 0 spiro atoms. The summed E-state index contributed by atoms with van der Waals surface area (Å²) in [7, 11) is 0. The van der Waals surface area contributed by atoms with Gasteiger partial charge < -0.3 is 10.1 Å². The van der Waals surface area contributed by atoms with Gasteiger partial charge in [-0.15, -0.1) is 11.8 Å². The Morgan fingerprint density at radius 1 is 1.09 bits per heavy atom. The first-order valence-corrected chi connectivity index (χ1v) is 12.2. The number of rotatable bonds is 6. The lowest BCUT2D eigenvalue weighted by Crippen LogP contribution is -2.15. The van der Waals surface area contributed by atoms with Gasteiger partial charge in [0.05, 0.1) is 22.4 Å². The van der Waals surface area contributed by atoms with Crippen LogP contribution in [0.2, 0.25) is 0 Å². The molecule has 1 N–H and O–H groups in total. The van der Waals surface area contributed by atoms with E-state index in [0.29, 0.717) is 12.4 Å². The van der Waals surface area contributed by atoms with E-state index in [2.05, 4.69) is 55.2 Å². The molecule has 0 saturated carbocycles. The van der Waals surface area contributed by atoms with Crippen LogP contribution >= 0.6 is 11.8 Å². The number of fused-ring (bicyclic) bond motifs is 1. The van der Waals surface area contributed by atoms with E-state index in [-0.39, 0.29) is 11.2 Å². The van der Waals surface area contributed by atoms with Gasteiger partial charge in [-0.25, -0.2) is 4.68 Å². The summed E-state index contributed by atoms with van der Waals surface area (Å²) in [6, 6.07) is 26.4. The first-order chi connectivity index (χ1) is 16.6. The lowest BCUT2D eigenvalue weighted by molar-refractivity contribution is -0.113. The zero-order chi connectivity index (χ0) is 23.5. The fraction of sp³-hybridized carbons (Fsp3) is 0.143. The minimum absolute atomic E-state index is 0.0347. The quantitative estimate of drug-likeness (QED) is 0.344. The number of carbonyl (C=O) groups is 1. The number of benzene rings is 3. The van der Waals surface area contributed by atoms with Crippen LogP contribution in [-0.4, -0.2) is 28.0 Å². The first kappa shape index (κ1) is 22.0. The molecule has 1 aliphatic rings. The van der Waals surface area contributed by atoms with Crippen LogP contribution in [0.15, 0.2) is 91.5 Å². The molecule has 0 saturated heterocycles. The van der Waals surface area contributed by atoms with Crippen LogP contribution < -0.4 is 10.1 Å². The van der Waals surface area contributed by atoms with Gasteiger partial charge in [-0.2, -0.15) is 5.10 Å². The highest BCUT2D eigenvalue weighted by molar-refractivity contribution is 8.00. The molecule has 2 heterocycles. The number of nitrogens with zero attached hydrogens (tertiary/aromatic N) is 2. The number of hydrogen-bond donors (Lipinski definition) is 1. The van der Waals surface area contributed by atoms with Gasteiger partial charge in [0.15, 0.2) is 0 Å². The third kappa shape index (κ3) is 4.37. The standard InChI is InChI=1S/C28H25N3O2S/c1-3-17-33-23-15-11-21(12-16-23)27-25-26(20-7-5-4-6-8-20)30-31(22-13-9-19(2)10-14-22)28(25)29-24(32)18-34-27/h3-16,27H,1,17-18H2,2H3,(H,29,32)/t27-/m0/s1. The molecule has 1 aromatic heterocycles. The molecule has 34 heavy (non-hydrogen) atoms. The van der Waals surface area contributed by atoms with Crippen LogP contribution in [0.4, 0.5) is 5.82 Å². The SMILES string of the molecule is C=CCOc1ccc([C@@H]2SCC(=O)Nc3c2c(-c2ccccc2)nn3-c2ccc(C)cc2)cc1. The van der Waals surface area contributed by atoms with E-state index in [9.17, 15) is 4.79 Å². The van der Waals surface area contributed by atoms with Gasteiger partial charge in [-0.3, -0.25) is 4.79 Å². The average Bonchev–Trinajstić information content (AvgIpc) is 3.14. The van der Waals surface area contributed by atoms with Crippen LogP contribution in [0.25, 0.3) is 16.9 Å². The van der Waals surface area contributed by atoms with Crippen molar-refractivity contribution in [3.05, 3.63) is 108 Å². The summed E-state index contributed by atoms with van der Waals surface area (Å²) >= 11 is 1.61. The molecule has 1 amide bonds. The summed E-state index contributed by atoms with van der Waals surface area (Å²) in [6.07, 6.45) is 1.73. The molecular formula is C28H25N3O2S. The largest absolute Gasteiger partial charge is 0.490 e. The van der Waals surface area contributed by atoms with Crippen molar-refractivity contribution < 1.29 is 9.53 Å². The smallest absolute Gasteiger partial charge is 0.235 e. The van der Waals surface area contributed by atoms with E-state index >= 15 is 0 Å².